The zero-order valence-electron chi connectivity index (χ0n) is 8.73. The Labute approximate surface area is 100 Å². The molecule has 0 aromatic carbocycles. The average Bonchev–Trinajstić information content (AvgIpc) is 2.25. The first kappa shape index (κ1) is 12.3. The van der Waals surface area contributed by atoms with Crippen LogP contribution in [0.4, 0.5) is 0 Å². The summed E-state index contributed by atoms with van der Waals surface area (Å²) in [5, 5.41) is 2.93. The van der Waals surface area contributed by atoms with Crippen LogP contribution >= 0.6 is 22.6 Å². The van der Waals surface area contributed by atoms with Crippen LogP contribution < -0.4 is 5.32 Å². The third-order valence-electron chi connectivity index (χ3n) is 2.92. The minimum absolute atomic E-state index is 0.243. The van der Waals surface area contributed by atoms with E-state index in [1.54, 1.807) is 0 Å². The van der Waals surface area contributed by atoms with E-state index >= 15 is 0 Å². The van der Waals surface area contributed by atoms with Crippen molar-refractivity contribution in [2.75, 3.05) is 11.0 Å². The van der Waals surface area contributed by atoms with E-state index < -0.39 is 0 Å². The summed E-state index contributed by atoms with van der Waals surface area (Å²) in [7, 11) is 0. The van der Waals surface area contributed by atoms with Gasteiger partial charge in [0.15, 0.2) is 0 Å². The molecule has 0 atom stereocenters. The Bertz CT molecular complexity index is 167. The van der Waals surface area contributed by atoms with Crippen molar-refractivity contribution in [2.45, 2.75) is 44.9 Å². The van der Waals surface area contributed by atoms with Crippen molar-refractivity contribution in [3.05, 3.63) is 0 Å². The van der Waals surface area contributed by atoms with E-state index in [9.17, 15) is 4.79 Å². The van der Waals surface area contributed by atoms with Gasteiger partial charge >= 0.3 is 0 Å². The van der Waals surface area contributed by atoms with Gasteiger partial charge in [-0.05, 0) is 12.3 Å². The Balaban J connectivity index is 2.03. The van der Waals surface area contributed by atoms with Crippen molar-refractivity contribution in [3.8, 4) is 0 Å². The molecule has 0 heterocycles. The van der Waals surface area contributed by atoms with Gasteiger partial charge in [-0.15, -0.1) is 0 Å². The van der Waals surface area contributed by atoms with E-state index in [1.165, 1.54) is 32.1 Å². The summed E-state index contributed by atoms with van der Waals surface area (Å²) in [5.41, 5.74) is 0. The molecule has 0 spiro atoms. The lowest BCUT2D eigenvalue weighted by Gasteiger charge is -2.20. The lowest BCUT2D eigenvalue weighted by atomic mass is 9.86. The molecular formula is C11H20INO. The van der Waals surface area contributed by atoms with Gasteiger partial charge in [-0.25, -0.2) is 0 Å². The second kappa shape index (κ2) is 7.49. The molecule has 1 saturated carbocycles. The SMILES string of the molecule is O=C(CCC1CCCCC1)NCCI. The fourth-order valence-corrected chi connectivity index (χ4v) is 2.36. The van der Waals surface area contributed by atoms with Gasteiger partial charge in [0.05, 0.1) is 0 Å². The Morgan fingerprint density at radius 3 is 2.64 bits per heavy atom. The van der Waals surface area contributed by atoms with E-state index in [4.69, 9.17) is 0 Å². The highest BCUT2D eigenvalue weighted by atomic mass is 127. The van der Waals surface area contributed by atoms with Crippen molar-refractivity contribution in [1.29, 1.82) is 0 Å². The predicted octanol–water partition coefficient (Wildman–Crippen LogP) is 2.90. The largest absolute Gasteiger partial charge is 0.355 e. The summed E-state index contributed by atoms with van der Waals surface area (Å²) in [6.45, 7) is 0.823. The Morgan fingerprint density at radius 2 is 2.00 bits per heavy atom. The zero-order chi connectivity index (χ0) is 10.2. The second-order valence-corrected chi connectivity index (χ2v) is 5.16. The maximum Gasteiger partial charge on any atom is 0.220 e. The molecule has 1 rings (SSSR count). The fraction of sp³-hybridized carbons (Fsp3) is 0.909. The summed E-state index contributed by atoms with van der Waals surface area (Å²) < 4.78 is 1.01. The molecular weight excluding hydrogens is 289 g/mol. The van der Waals surface area contributed by atoms with Crippen molar-refractivity contribution >= 4 is 28.5 Å². The highest BCUT2D eigenvalue weighted by Gasteiger charge is 2.14. The van der Waals surface area contributed by atoms with Crippen LogP contribution in [0.1, 0.15) is 44.9 Å². The van der Waals surface area contributed by atoms with Crippen LogP contribution in [0, 0.1) is 5.92 Å². The third kappa shape index (κ3) is 5.17. The normalized spacial score (nSPS) is 18.1. The van der Waals surface area contributed by atoms with Crippen LogP contribution in [0.25, 0.3) is 0 Å². The summed E-state index contributed by atoms with van der Waals surface area (Å²) in [4.78, 5) is 11.3. The Morgan fingerprint density at radius 1 is 1.29 bits per heavy atom. The summed E-state index contributed by atoms with van der Waals surface area (Å²) in [5.74, 6) is 1.07. The quantitative estimate of drug-likeness (QED) is 0.614. The monoisotopic (exact) mass is 309 g/mol. The highest BCUT2D eigenvalue weighted by Crippen LogP contribution is 2.26. The summed E-state index contributed by atoms with van der Waals surface area (Å²) >= 11 is 2.28. The minimum Gasteiger partial charge on any atom is -0.355 e. The molecule has 2 nitrogen and oxygen atoms in total. The zero-order valence-corrected chi connectivity index (χ0v) is 10.9. The van der Waals surface area contributed by atoms with Crippen LogP contribution in [0.3, 0.4) is 0 Å². The van der Waals surface area contributed by atoms with Gasteiger partial charge in [-0.2, -0.15) is 0 Å². The number of hydrogen-bond acceptors (Lipinski definition) is 1. The molecule has 1 amide bonds. The minimum atomic E-state index is 0.243. The maximum absolute atomic E-state index is 11.3. The van der Waals surface area contributed by atoms with Gasteiger partial charge in [0.2, 0.25) is 5.91 Å². The molecule has 1 aliphatic carbocycles. The Kier molecular flexibility index (Phi) is 6.56. The number of amides is 1. The molecule has 0 aromatic heterocycles. The molecule has 82 valence electrons. The van der Waals surface area contributed by atoms with E-state index in [1.807, 2.05) is 0 Å². The van der Waals surface area contributed by atoms with E-state index in [2.05, 4.69) is 27.9 Å². The number of nitrogens with one attached hydrogen (secondary N) is 1. The van der Waals surface area contributed by atoms with E-state index in [-0.39, 0.29) is 5.91 Å². The fourth-order valence-electron chi connectivity index (χ4n) is 2.09. The lowest BCUT2D eigenvalue weighted by molar-refractivity contribution is -0.121. The number of carbonyl (C=O) groups is 1. The standard InChI is InChI=1S/C11H20INO/c12-8-9-13-11(14)7-6-10-4-2-1-3-5-10/h10H,1-9H2,(H,13,14). The van der Waals surface area contributed by atoms with Gasteiger partial charge < -0.3 is 5.32 Å². The molecule has 1 fully saturated rings. The number of rotatable bonds is 5. The van der Waals surface area contributed by atoms with E-state index in [0.29, 0.717) is 0 Å². The number of halogens is 1. The van der Waals surface area contributed by atoms with Gasteiger partial charge in [-0.1, -0.05) is 54.7 Å². The third-order valence-corrected chi connectivity index (χ3v) is 3.46. The molecule has 3 heteroatoms. The van der Waals surface area contributed by atoms with Crippen LogP contribution in [-0.2, 0) is 4.79 Å². The Hall–Kier alpha value is 0.200. The lowest BCUT2D eigenvalue weighted by Crippen LogP contribution is -2.25. The molecule has 0 radical (unpaired) electrons. The first-order chi connectivity index (χ1) is 6.83. The number of hydrogen-bond donors (Lipinski definition) is 1. The van der Waals surface area contributed by atoms with Crippen LogP contribution in [0.15, 0.2) is 0 Å². The van der Waals surface area contributed by atoms with Gasteiger partial charge in [0, 0.05) is 17.4 Å². The van der Waals surface area contributed by atoms with Crippen molar-refractivity contribution in [2.24, 2.45) is 5.92 Å². The van der Waals surface area contributed by atoms with Gasteiger partial charge in [-0.3, -0.25) is 4.79 Å². The van der Waals surface area contributed by atoms with E-state index in [0.717, 1.165) is 29.7 Å². The van der Waals surface area contributed by atoms with Crippen molar-refractivity contribution in [3.63, 3.8) is 0 Å². The molecule has 0 unspecified atom stereocenters. The van der Waals surface area contributed by atoms with Crippen molar-refractivity contribution in [1.82, 2.24) is 5.32 Å². The van der Waals surface area contributed by atoms with Crippen LogP contribution in [-0.4, -0.2) is 16.9 Å². The maximum atomic E-state index is 11.3. The van der Waals surface area contributed by atoms with Crippen LogP contribution in [0.2, 0.25) is 0 Å². The van der Waals surface area contributed by atoms with Gasteiger partial charge in [0.25, 0.3) is 0 Å². The molecule has 1 N–H and O–H groups in total. The summed E-state index contributed by atoms with van der Waals surface area (Å²) in [6.07, 6.45) is 8.69. The first-order valence-electron chi connectivity index (χ1n) is 5.65. The highest BCUT2D eigenvalue weighted by molar-refractivity contribution is 14.1. The second-order valence-electron chi connectivity index (χ2n) is 4.08. The van der Waals surface area contributed by atoms with Crippen LogP contribution in [0.5, 0.6) is 0 Å². The van der Waals surface area contributed by atoms with Gasteiger partial charge in [0.1, 0.15) is 0 Å². The molecule has 0 bridgehead atoms. The average molecular weight is 309 g/mol. The summed E-state index contributed by atoms with van der Waals surface area (Å²) in [6, 6.07) is 0. The first-order valence-corrected chi connectivity index (χ1v) is 7.18. The van der Waals surface area contributed by atoms with Crippen molar-refractivity contribution < 1.29 is 4.79 Å². The number of carbonyl (C=O) groups excluding carboxylic acids is 1. The molecule has 0 saturated heterocycles. The predicted molar refractivity (Wildman–Crippen MR) is 67.7 cm³/mol. The number of alkyl halides is 1. The molecule has 1 aliphatic rings. The smallest absolute Gasteiger partial charge is 0.220 e. The molecule has 0 aliphatic heterocycles. The molecule has 14 heavy (non-hydrogen) atoms. The topological polar surface area (TPSA) is 29.1 Å². The molecule has 0 aromatic rings.